The van der Waals surface area contributed by atoms with E-state index >= 15 is 0 Å². The lowest BCUT2D eigenvalue weighted by molar-refractivity contribution is 0.0943. The molecule has 0 bridgehead atoms. The van der Waals surface area contributed by atoms with Gasteiger partial charge in [0.1, 0.15) is 11.3 Å². The number of amides is 1. The Hall–Kier alpha value is -1.97. The molecule has 1 amide bonds. The number of carbonyl (C=O) groups is 1. The van der Waals surface area contributed by atoms with Gasteiger partial charge in [-0.25, -0.2) is 0 Å². The first-order chi connectivity index (χ1) is 8.11. The van der Waals surface area contributed by atoms with Crippen LogP contribution in [0.25, 0.3) is 11.0 Å². The van der Waals surface area contributed by atoms with Gasteiger partial charge in [0.25, 0.3) is 5.91 Å². The molecule has 0 aliphatic carbocycles. The van der Waals surface area contributed by atoms with Crippen LogP contribution in [0.15, 0.2) is 28.9 Å². The van der Waals surface area contributed by atoms with Crippen molar-refractivity contribution in [1.82, 2.24) is 5.32 Å². The quantitative estimate of drug-likeness (QED) is 0.886. The van der Waals surface area contributed by atoms with Crippen molar-refractivity contribution < 1.29 is 13.9 Å². The maximum Gasteiger partial charge on any atom is 0.251 e. The molecule has 0 spiro atoms. The molecule has 1 aromatic carbocycles. The van der Waals surface area contributed by atoms with Gasteiger partial charge in [-0.05, 0) is 32.0 Å². The summed E-state index contributed by atoms with van der Waals surface area (Å²) in [5.74, 6) is 0.516. The maximum absolute atomic E-state index is 11.9. The summed E-state index contributed by atoms with van der Waals surface area (Å²) in [4.78, 5) is 11.9. The van der Waals surface area contributed by atoms with Crippen molar-refractivity contribution in [3.8, 4) is 5.75 Å². The molecule has 4 nitrogen and oxygen atoms in total. The maximum atomic E-state index is 11.9. The lowest BCUT2D eigenvalue weighted by Crippen LogP contribution is -2.30. The summed E-state index contributed by atoms with van der Waals surface area (Å²) in [6.07, 6.45) is 1.58. The van der Waals surface area contributed by atoms with Gasteiger partial charge in [-0.3, -0.25) is 4.79 Å². The highest BCUT2D eigenvalue weighted by molar-refractivity contribution is 5.99. The third-order valence-corrected chi connectivity index (χ3v) is 2.44. The molecule has 1 heterocycles. The molecule has 0 aliphatic heterocycles. The van der Waals surface area contributed by atoms with Crippen molar-refractivity contribution in [2.24, 2.45) is 0 Å². The highest BCUT2D eigenvalue weighted by Crippen LogP contribution is 2.28. The van der Waals surface area contributed by atoms with E-state index < -0.39 is 0 Å². The Morgan fingerprint density at radius 1 is 1.41 bits per heavy atom. The molecule has 1 N–H and O–H groups in total. The van der Waals surface area contributed by atoms with Crippen LogP contribution in [0.3, 0.4) is 0 Å². The second-order valence-corrected chi connectivity index (χ2v) is 4.14. The van der Waals surface area contributed by atoms with Crippen LogP contribution in [-0.4, -0.2) is 19.1 Å². The molecule has 0 unspecified atom stereocenters. The molecule has 0 saturated heterocycles. The van der Waals surface area contributed by atoms with Crippen molar-refractivity contribution >= 4 is 16.9 Å². The van der Waals surface area contributed by atoms with Gasteiger partial charge in [0.05, 0.1) is 18.8 Å². The lowest BCUT2D eigenvalue weighted by atomic mass is 10.1. The highest BCUT2D eigenvalue weighted by Gasteiger charge is 2.12. The Morgan fingerprint density at radius 3 is 2.82 bits per heavy atom. The molecule has 0 fully saturated rings. The number of methoxy groups -OCH3 is 1. The van der Waals surface area contributed by atoms with Crippen molar-refractivity contribution in [2.45, 2.75) is 19.9 Å². The Labute approximate surface area is 99.6 Å². The average Bonchev–Trinajstić information content (AvgIpc) is 2.74. The number of carbonyl (C=O) groups excluding carboxylic acids is 1. The molecular formula is C13H15NO3. The summed E-state index contributed by atoms with van der Waals surface area (Å²) in [6.45, 7) is 3.83. The van der Waals surface area contributed by atoms with Gasteiger partial charge in [-0.15, -0.1) is 0 Å². The molecule has 0 atom stereocenters. The Bertz CT molecular complexity index is 543. The number of nitrogens with one attached hydrogen (secondary N) is 1. The molecule has 17 heavy (non-hydrogen) atoms. The van der Waals surface area contributed by atoms with Crippen molar-refractivity contribution in [3.05, 3.63) is 30.0 Å². The largest absolute Gasteiger partial charge is 0.496 e. The molecule has 0 aliphatic rings. The van der Waals surface area contributed by atoms with E-state index in [4.69, 9.17) is 9.15 Å². The predicted molar refractivity (Wildman–Crippen MR) is 65.4 cm³/mol. The zero-order chi connectivity index (χ0) is 12.4. The number of hydrogen-bond donors (Lipinski definition) is 1. The van der Waals surface area contributed by atoms with Crippen LogP contribution in [0, 0.1) is 0 Å². The standard InChI is InChI=1S/C13H15NO3/c1-8(2)14-13(15)9-6-11(16-3)10-4-5-17-12(10)7-9/h4-8H,1-3H3,(H,14,15). The van der Waals surface area contributed by atoms with Gasteiger partial charge in [-0.2, -0.15) is 0 Å². The second kappa shape index (κ2) is 4.49. The van der Waals surface area contributed by atoms with Gasteiger partial charge in [0, 0.05) is 11.6 Å². The second-order valence-electron chi connectivity index (χ2n) is 4.14. The van der Waals surface area contributed by atoms with Crippen LogP contribution < -0.4 is 10.1 Å². The van der Waals surface area contributed by atoms with Crippen LogP contribution in [-0.2, 0) is 0 Å². The topological polar surface area (TPSA) is 51.5 Å². The molecule has 0 radical (unpaired) electrons. The normalized spacial score (nSPS) is 10.8. The number of benzene rings is 1. The molecular weight excluding hydrogens is 218 g/mol. The summed E-state index contributed by atoms with van der Waals surface area (Å²) in [5, 5.41) is 3.70. The zero-order valence-electron chi connectivity index (χ0n) is 10.1. The molecule has 4 heteroatoms. The lowest BCUT2D eigenvalue weighted by Gasteiger charge is -2.09. The van der Waals surface area contributed by atoms with E-state index in [2.05, 4.69) is 5.32 Å². The van der Waals surface area contributed by atoms with E-state index in [-0.39, 0.29) is 11.9 Å². The van der Waals surface area contributed by atoms with Gasteiger partial charge in [-0.1, -0.05) is 0 Å². The first-order valence-electron chi connectivity index (χ1n) is 5.48. The van der Waals surface area contributed by atoms with Gasteiger partial charge >= 0.3 is 0 Å². The number of fused-ring (bicyclic) bond motifs is 1. The third-order valence-electron chi connectivity index (χ3n) is 2.44. The predicted octanol–water partition coefficient (Wildman–Crippen LogP) is 2.58. The summed E-state index contributed by atoms with van der Waals surface area (Å²) >= 11 is 0. The minimum Gasteiger partial charge on any atom is -0.496 e. The van der Waals surface area contributed by atoms with E-state index in [1.54, 1.807) is 25.5 Å². The van der Waals surface area contributed by atoms with E-state index in [0.29, 0.717) is 16.9 Å². The van der Waals surface area contributed by atoms with Crippen molar-refractivity contribution in [3.63, 3.8) is 0 Å². The average molecular weight is 233 g/mol. The smallest absolute Gasteiger partial charge is 0.251 e. The van der Waals surface area contributed by atoms with E-state index in [9.17, 15) is 4.79 Å². The monoisotopic (exact) mass is 233 g/mol. The zero-order valence-corrected chi connectivity index (χ0v) is 10.1. The molecule has 90 valence electrons. The van der Waals surface area contributed by atoms with Crippen LogP contribution in [0.1, 0.15) is 24.2 Å². The fraction of sp³-hybridized carbons (Fsp3) is 0.308. The Morgan fingerprint density at radius 2 is 2.18 bits per heavy atom. The van der Waals surface area contributed by atoms with Crippen LogP contribution >= 0.6 is 0 Å². The minimum atomic E-state index is -0.128. The summed E-state index contributed by atoms with van der Waals surface area (Å²) in [6, 6.07) is 5.35. The number of hydrogen-bond acceptors (Lipinski definition) is 3. The summed E-state index contributed by atoms with van der Waals surface area (Å²) in [5.41, 5.74) is 1.19. The van der Waals surface area contributed by atoms with Crippen molar-refractivity contribution in [1.29, 1.82) is 0 Å². The van der Waals surface area contributed by atoms with E-state index in [1.807, 2.05) is 19.9 Å². The minimum absolute atomic E-state index is 0.0980. The van der Waals surface area contributed by atoms with Crippen LogP contribution in [0.4, 0.5) is 0 Å². The van der Waals surface area contributed by atoms with Crippen LogP contribution in [0.5, 0.6) is 5.75 Å². The number of rotatable bonds is 3. The summed E-state index contributed by atoms with van der Waals surface area (Å²) in [7, 11) is 1.58. The first-order valence-corrected chi connectivity index (χ1v) is 5.48. The SMILES string of the molecule is COc1cc(C(=O)NC(C)C)cc2occc12. The first kappa shape index (κ1) is 11.5. The van der Waals surface area contributed by atoms with Crippen LogP contribution in [0.2, 0.25) is 0 Å². The molecule has 2 aromatic rings. The highest BCUT2D eigenvalue weighted by atomic mass is 16.5. The van der Waals surface area contributed by atoms with Gasteiger partial charge < -0.3 is 14.5 Å². The summed E-state index contributed by atoms with van der Waals surface area (Å²) < 4.78 is 10.5. The Kier molecular flexibility index (Phi) is 3.04. The van der Waals surface area contributed by atoms with Gasteiger partial charge in [0.15, 0.2) is 0 Å². The number of ether oxygens (including phenoxy) is 1. The third kappa shape index (κ3) is 2.25. The fourth-order valence-corrected chi connectivity index (χ4v) is 1.68. The molecule has 0 saturated carbocycles. The fourth-order valence-electron chi connectivity index (χ4n) is 1.68. The van der Waals surface area contributed by atoms with Crippen molar-refractivity contribution in [2.75, 3.05) is 7.11 Å². The van der Waals surface area contributed by atoms with E-state index in [0.717, 1.165) is 5.39 Å². The molecule has 1 aromatic heterocycles. The molecule has 2 rings (SSSR count). The Balaban J connectivity index is 2.44. The van der Waals surface area contributed by atoms with E-state index in [1.165, 1.54) is 0 Å². The van der Waals surface area contributed by atoms with Gasteiger partial charge in [0.2, 0.25) is 0 Å². The number of furan rings is 1.